The number of rotatable bonds is 8. The number of Topliss-reactive ketones (excluding diaryl/α,β-unsaturated/α-hetero) is 1. The van der Waals surface area contributed by atoms with E-state index >= 15 is 0 Å². The van der Waals surface area contributed by atoms with Crippen LogP contribution in [0.4, 0.5) is 8.78 Å². The van der Waals surface area contributed by atoms with Crippen LogP contribution in [0.1, 0.15) is 30.1 Å². The molecule has 0 unspecified atom stereocenters. The molecule has 2 aromatic heterocycles. The molecule has 0 amide bonds. The molecular weight excluding hydrogens is 418 g/mol. The Morgan fingerprint density at radius 1 is 1.16 bits per heavy atom. The fourth-order valence-electron chi connectivity index (χ4n) is 3.66. The number of alkyl halides is 2. The Hall–Kier alpha value is -3.75. The van der Waals surface area contributed by atoms with Gasteiger partial charge in [0, 0.05) is 37.4 Å². The number of halogens is 2. The Labute approximate surface area is 183 Å². The van der Waals surface area contributed by atoms with Crippen LogP contribution in [0.25, 0.3) is 27.8 Å². The number of benzene rings is 2. The van der Waals surface area contributed by atoms with Crippen LogP contribution in [-0.2, 0) is 7.05 Å². The second-order valence-corrected chi connectivity index (χ2v) is 7.29. The molecule has 4 rings (SSSR count). The summed E-state index contributed by atoms with van der Waals surface area (Å²) in [4.78, 5) is 17.0. The van der Waals surface area contributed by atoms with Crippen molar-refractivity contribution in [3.8, 4) is 28.3 Å². The summed E-state index contributed by atoms with van der Waals surface area (Å²) in [5, 5.41) is 4.19. The molecule has 0 atom stereocenters. The number of ketones is 1. The number of nitrogens with zero attached hydrogens (tertiary/aromatic N) is 4. The summed E-state index contributed by atoms with van der Waals surface area (Å²) in [5.41, 5.74) is 3.89. The molecule has 0 saturated heterocycles. The van der Waals surface area contributed by atoms with Crippen molar-refractivity contribution in [3.63, 3.8) is 0 Å². The van der Waals surface area contributed by atoms with E-state index in [1.807, 2.05) is 38.4 Å². The molecule has 7 nitrogen and oxygen atoms in total. The van der Waals surface area contributed by atoms with Crippen molar-refractivity contribution in [2.75, 3.05) is 7.11 Å². The van der Waals surface area contributed by atoms with Crippen LogP contribution in [0.15, 0.2) is 49.1 Å². The SMILES string of the molecule is CCCC(=O)c1c(OC)cc(-n2cnc3cc(-c4cnn(C)c4)ccc32)cc1OC(F)F. The molecule has 0 saturated carbocycles. The van der Waals surface area contributed by atoms with E-state index in [1.54, 1.807) is 27.8 Å². The van der Waals surface area contributed by atoms with E-state index in [1.165, 1.54) is 13.2 Å². The van der Waals surface area contributed by atoms with Gasteiger partial charge in [-0.2, -0.15) is 13.9 Å². The Bertz CT molecular complexity index is 1280. The first-order valence-electron chi connectivity index (χ1n) is 10.1. The first kappa shape index (κ1) is 21.5. The number of hydrogen-bond donors (Lipinski definition) is 0. The van der Waals surface area contributed by atoms with E-state index < -0.39 is 6.61 Å². The minimum absolute atomic E-state index is 0.0154. The molecule has 2 heterocycles. The molecule has 0 bridgehead atoms. The largest absolute Gasteiger partial charge is 0.496 e. The average Bonchev–Trinajstić information content (AvgIpc) is 3.38. The highest BCUT2D eigenvalue weighted by Gasteiger charge is 2.23. The van der Waals surface area contributed by atoms with E-state index in [-0.39, 0.29) is 29.3 Å². The Morgan fingerprint density at radius 3 is 2.59 bits per heavy atom. The van der Waals surface area contributed by atoms with Gasteiger partial charge in [-0.25, -0.2) is 4.98 Å². The summed E-state index contributed by atoms with van der Waals surface area (Å²) in [7, 11) is 3.23. The third kappa shape index (κ3) is 4.05. The summed E-state index contributed by atoms with van der Waals surface area (Å²) < 4.78 is 39.8. The van der Waals surface area contributed by atoms with E-state index in [9.17, 15) is 13.6 Å². The number of aryl methyl sites for hydroxylation is 1. The Morgan fingerprint density at radius 2 is 1.94 bits per heavy atom. The highest BCUT2D eigenvalue weighted by atomic mass is 19.3. The zero-order chi connectivity index (χ0) is 22.8. The maximum atomic E-state index is 13.1. The number of methoxy groups -OCH3 is 1. The van der Waals surface area contributed by atoms with Gasteiger partial charge in [-0.1, -0.05) is 13.0 Å². The second-order valence-electron chi connectivity index (χ2n) is 7.29. The highest BCUT2D eigenvalue weighted by molar-refractivity contribution is 6.01. The lowest BCUT2D eigenvalue weighted by atomic mass is 10.0. The van der Waals surface area contributed by atoms with Gasteiger partial charge in [-0.3, -0.25) is 14.0 Å². The smallest absolute Gasteiger partial charge is 0.387 e. The van der Waals surface area contributed by atoms with Crippen LogP contribution in [-0.4, -0.2) is 38.8 Å². The van der Waals surface area contributed by atoms with Crippen LogP contribution < -0.4 is 9.47 Å². The lowest BCUT2D eigenvalue weighted by Gasteiger charge is -2.16. The predicted molar refractivity (Wildman–Crippen MR) is 116 cm³/mol. The monoisotopic (exact) mass is 440 g/mol. The van der Waals surface area contributed by atoms with Crippen molar-refractivity contribution in [2.45, 2.75) is 26.4 Å². The molecule has 0 N–H and O–H groups in total. The first-order chi connectivity index (χ1) is 15.4. The summed E-state index contributed by atoms with van der Waals surface area (Å²) in [6, 6.07) is 8.78. The molecule has 32 heavy (non-hydrogen) atoms. The van der Waals surface area contributed by atoms with Crippen molar-refractivity contribution in [1.82, 2.24) is 19.3 Å². The summed E-state index contributed by atoms with van der Waals surface area (Å²) in [6.07, 6.45) is 6.03. The third-order valence-corrected chi connectivity index (χ3v) is 5.11. The van der Waals surface area contributed by atoms with Crippen molar-refractivity contribution in [1.29, 1.82) is 0 Å². The van der Waals surface area contributed by atoms with E-state index in [2.05, 4.69) is 10.1 Å². The van der Waals surface area contributed by atoms with Gasteiger partial charge >= 0.3 is 6.61 Å². The molecule has 0 fully saturated rings. The van der Waals surface area contributed by atoms with E-state index in [0.717, 1.165) is 16.6 Å². The van der Waals surface area contributed by atoms with Gasteiger partial charge < -0.3 is 9.47 Å². The molecule has 166 valence electrons. The number of carbonyl (C=O) groups is 1. The van der Waals surface area contributed by atoms with Gasteiger partial charge in [0.25, 0.3) is 0 Å². The highest BCUT2D eigenvalue weighted by Crippen LogP contribution is 2.36. The van der Waals surface area contributed by atoms with E-state index in [0.29, 0.717) is 17.6 Å². The predicted octanol–water partition coefficient (Wildman–Crippen LogP) is 5.02. The number of ether oxygens (including phenoxy) is 2. The second kappa shape index (κ2) is 8.78. The van der Waals surface area contributed by atoms with Crippen molar-refractivity contribution in [2.24, 2.45) is 7.05 Å². The van der Waals surface area contributed by atoms with Gasteiger partial charge in [0.05, 0.1) is 30.0 Å². The van der Waals surface area contributed by atoms with Gasteiger partial charge in [0.1, 0.15) is 23.4 Å². The number of imidazole rings is 1. The van der Waals surface area contributed by atoms with Crippen molar-refractivity contribution < 1.29 is 23.0 Å². The molecule has 0 aliphatic heterocycles. The normalized spacial score (nSPS) is 11.3. The number of fused-ring (bicyclic) bond motifs is 1. The Balaban J connectivity index is 1.82. The van der Waals surface area contributed by atoms with Crippen LogP contribution in [0.2, 0.25) is 0 Å². The van der Waals surface area contributed by atoms with Gasteiger partial charge in [-0.15, -0.1) is 0 Å². The maximum absolute atomic E-state index is 13.1. The van der Waals surface area contributed by atoms with Crippen LogP contribution in [0.5, 0.6) is 11.5 Å². The maximum Gasteiger partial charge on any atom is 0.387 e. The fourth-order valence-corrected chi connectivity index (χ4v) is 3.66. The zero-order valence-corrected chi connectivity index (χ0v) is 17.9. The molecular formula is C23H22F2N4O3. The molecule has 0 aliphatic carbocycles. The lowest BCUT2D eigenvalue weighted by Crippen LogP contribution is -2.11. The molecule has 0 radical (unpaired) electrons. The minimum Gasteiger partial charge on any atom is -0.496 e. The molecule has 9 heteroatoms. The Kier molecular flexibility index (Phi) is 5.89. The zero-order valence-electron chi connectivity index (χ0n) is 17.9. The third-order valence-electron chi connectivity index (χ3n) is 5.11. The summed E-state index contributed by atoms with van der Waals surface area (Å²) in [6.45, 7) is -1.24. The number of hydrogen-bond acceptors (Lipinski definition) is 5. The van der Waals surface area contributed by atoms with Crippen LogP contribution in [0.3, 0.4) is 0 Å². The van der Waals surface area contributed by atoms with Crippen molar-refractivity contribution >= 4 is 16.8 Å². The van der Waals surface area contributed by atoms with Gasteiger partial charge in [0.2, 0.25) is 0 Å². The first-order valence-corrected chi connectivity index (χ1v) is 10.1. The quantitative estimate of drug-likeness (QED) is 0.360. The van der Waals surface area contributed by atoms with Gasteiger partial charge in [-0.05, 0) is 24.1 Å². The number of carbonyl (C=O) groups excluding carboxylic acids is 1. The van der Waals surface area contributed by atoms with Crippen molar-refractivity contribution in [3.05, 3.63) is 54.6 Å². The molecule has 2 aromatic carbocycles. The summed E-state index contributed by atoms with van der Waals surface area (Å²) >= 11 is 0. The summed E-state index contributed by atoms with van der Waals surface area (Å²) in [5.74, 6) is -0.366. The minimum atomic E-state index is -3.08. The van der Waals surface area contributed by atoms with Gasteiger partial charge in [0.15, 0.2) is 5.78 Å². The lowest BCUT2D eigenvalue weighted by molar-refractivity contribution is -0.0502. The van der Waals surface area contributed by atoms with Crippen LogP contribution in [0, 0.1) is 0 Å². The topological polar surface area (TPSA) is 71.2 Å². The average molecular weight is 440 g/mol. The molecule has 0 aliphatic rings. The van der Waals surface area contributed by atoms with E-state index in [4.69, 9.17) is 9.47 Å². The molecule has 0 spiro atoms. The van der Waals surface area contributed by atoms with Crippen LogP contribution >= 0.6 is 0 Å². The number of aromatic nitrogens is 4. The standard InChI is InChI=1S/C23H22F2N4O3/c1-4-5-19(30)22-20(31-3)9-16(10-21(22)32-23(24)25)29-13-26-17-8-14(6-7-18(17)29)15-11-27-28(2)12-15/h6-13,23H,4-5H2,1-3H3. The molecule has 4 aromatic rings. The fraction of sp³-hybridized carbons (Fsp3) is 0.261.